The number of ketones is 1. The topological polar surface area (TPSA) is 245 Å². The van der Waals surface area contributed by atoms with Gasteiger partial charge in [0.05, 0.1) is 32.3 Å². The van der Waals surface area contributed by atoms with Crippen molar-refractivity contribution in [3.8, 4) is 0 Å². The molecule has 0 radical (unpaired) electrons. The molecule has 0 bridgehead atoms. The fourth-order valence-electron chi connectivity index (χ4n) is 7.06. The van der Waals surface area contributed by atoms with E-state index in [0.717, 1.165) is 0 Å². The van der Waals surface area contributed by atoms with E-state index >= 15 is 0 Å². The fourth-order valence-corrected chi connectivity index (χ4v) is 8.07. The van der Waals surface area contributed by atoms with Gasteiger partial charge in [-0.2, -0.15) is 16.8 Å². The number of carboxylic acids is 2. The van der Waals surface area contributed by atoms with Gasteiger partial charge in [-0.15, -0.1) is 0 Å². The summed E-state index contributed by atoms with van der Waals surface area (Å²) in [5.74, 6) is -2.67. The van der Waals surface area contributed by atoms with Crippen LogP contribution in [0, 0.1) is 0 Å². The Hall–Kier alpha value is -4.64. The van der Waals surface area contributed by atoms with Gasteiger partial charge in [0.2, 0.25) is 5.78 Å². The Balaban J connectivity index is 1.48. The van der Waals surface area contributed by atoms with E-state index in [-0.39, 0.29) is 39.5 Å². The molecule has 2 atom stereocenters. The molecule has 5 rings (SSSR count). The van der Waals surface area contributed by atoms with Gasteiger partial charge in [0.25, 0.3) is 20.2 Å². The van der Waals surface area contributed by atoms with E-state index in [1.807, 2.05) is 6.92 Å². The second-order valence-electron chi connectivity index (χ2n) is 13.7. The van der Waals surface area contributed by atoms with E-state index in [0.29, 0.717) is 85.3 Å². The molecule has 6 N–H and O–H groups in total. The van der Waals surface area contributed by atoms with Crippen molar-refractivity contribution in [2.75, 3.05) is 5.32 Å². The summed E-state index contributed by atoms with van der Waals surface area (Å²) in [7, 11) is -9.08. The van der Waals surface area contributed by atoms with Crippen LogP contribution < -0.4 is 5.32 Å². The fraction of sp³-hybridized carbons (Fsp3) is 0.389. The van der Waals surface area contributed by atoms with Gasteiger partial charge >= 0.3 is 11.9 Å². The van der Waals surface area contributed by atoms with Crippen molar-refractivity contribution < 1.29 is 55.6 Å². The SMILES string of the molecule is CC1(CCCCCC(=O)O)C(/C=C2\C(=O)C(C=C3Nc4ccc(S(=O)(=O)O)cc4C3(C)CCCCCC(=O)O)=C2O)=Nc2ccc(S(=O)(=O)O)cc21. The molecule has 0 amide bonds. The van der Waals surface area contributed by atoms with E-state index in [2.05, 4.69) is 10.3 Å². The quantitative estimate of drug-likeness (QED) is 0.0637. The number of rotatable bonds is 16. The Morgan fingerprint density at radius 2 is 1.31 bits per heavy atom. The Morgan fingerprint density at radius 3 is 1.85 bits per heavy atom. The second-order valence-corrected chi connectivity index (χ2v) is 16.6. The number of Topliss-reactive ketones (excluding diaryl/α,β-unsaturated/α-hetero) is 1. The average molecular weight is 757 g/mol. The lowest BCUT2D eigenvalue weighted by molar-refractivity contribution is -0.138. The molecule has 0 aromatic heterocycles. The third kappa shape index (κ3) is 7.74. The third-order valence-corrected chi connectivity index (χ3v) is 11.8. The first-order chi connectivity index (χ1) is 24.3. The summed E-state index contributed by atoms with van der Waals surface area (Å²) in [6.45, 7) is 3.63. The number of benzene rings is 2. The van der Waals surface area contributed by atoms with Crippen LogP contribution in [-0.2, 0) is 45.4 Å². The highest BCUT2D eigenvalue weighted by Crippen LogP contribution is 2.50. The summed E-state index contributed by atoms with van der Waals surface area (Å²) in [6.07, 6.45) is 6.80. The molecule has 278 valence electrons. The van der Waals surface area contributed by atoms with E-state index in [9.17, 15) is 45.4 Å². The van der Waals surface area contributed by atoms with Crippen molar-refractivity contribution in [2.45, 2.75) is 98.7 Å². The van der Waals surface area contributed by atoms with Crippen LogP contribution in [0.5, 0.6) is 0 Å². The molecule has 0 saturated heterocycles. The largest absolute Gasteiger partial charge is 0.506 e. The molecule has 3 aliphatic rings. The molecule has 2 aliphatic heterocycles. The summed E-state index contributed by atoms with van der Waals surface area (Å²) in [4.78, 5) is 39.7. The number of nitrogens with one attached hydrogen (secondary N) is 1. The summed E-state index contributed by atoms with van der Waals surface area (Å²) >= 11 is 0. The van der Waals surface area contributed by atoms with Crippen molar-refractivity contribution >= 4 is 55.0 Å². The standard InChI is InChI=1S/C36H40N2O12S2/c1-35(15-7-3-5-9-31(39)40)25-17-21(51(45,46)47)11-13-27(25)37-29(35)19-23-33(43)24(34(23)44)20-30-36(2,16-8-4-6-10-32(41)42)26-18-22(52(48,49)50)12-14-28(26)38-30/h11-14,17-20,37,43H,3-10,15-16H2,1-2H3,(H,39,40)(H,41,42)(H,45,46,47)(H,48,49,50)/b24-20-,29-19?. The van der Waals surface area contributed by atoms with Crippen LogP contribution in [0.15, 0.2) is 85.9 Å². The number of allylic oxidation sites excluding steroid dienone is 5. The van der Waals surface area contributed by atoms with Gasteiger partial charge in [-0.1, -0.05) is 25.7 Å². The lowest BCUT2D eigenvalue weighted by atomic mass is 9.73. The van der Waals surface area contributed by atoms with Crippen LogP contribution in [0.3, 0.4) is 0 Å². The maximum atomic E-state index is 13.7. The van der Waals surface area contributed by atoms with Crippen LogP contribution >= 0.6 is 0 Å². The van der Waals surface area contributed by atoms with Gasteiger partial charge in [-0.3, -0.25) is 28.5 Å². The van der Waals surface area contributed by atoms with Crippen LogP contribution in [-0.4, -0.2) is 64.7 Å². The molecule has 16 heteroatoms. The van der Waals surface area contributed by atoms with Gasteiger partial charge < -0.3 is 20.6 Å². The number of hydrogen-bond donors (Lipinski definition) is 6. The number of carboxylic acid groups (broad SMARTS) is 2. The molecule has 1 aliphatic carbocycles. The maximum absolute atomic E-state index is 13.7. The second kappa shape index (κ2) is 14.4. The Morgan fingerprint density at radius 1 is 0.769 bits per heavy atom. The zero-order valence-electron chi connectivity index (χ0n) is 28.5. The number of nitrogens with zero attached hydrogens (tertiary/aromatic N) is 1. The Bertz CT molecular complexity index is 2200. The van der Waals surface area contributed by atoms with Gasteiger partial charge in [0.15, 0.2) is 0 Å². The van der Waals surface area contributed by atoms with Gasteiger partial charge in [-0.25, -0.2) is 0 Å². The lowest BCUT2D eigenvalue weighted by Crippen LogP contribution is -2.31. The summed E-state index contributed by atoms with van der Waals surface area (Å²) in [5, 5.41) is 32.5. The van der Waals surface area contributed by atoms with Crippen molar-refractivity contribution in [3.63, 3.8) is 0 Å². The number of aliphatic hydroxyl groups is 1. The number of carbonyl (C=O) groups excluding carboxylic acids is 1. The van der Waals surface area contributed by atoms with E-state index in [1.165, 1.54) is 48.6 Å². The Labute approximate surface area is 301 Å². The normalized spacial score (nSPS) is 22.6. The van der Waals surface area contributed by atoms with Crippen LogP contribution in [0.4, 0.5) is 11.4 Å². The molecular weight excluding hydrogens is 717 g/mol. The van der Waals surface area contributed by atoms with Crippen molar-refractivity contribution in [1.82, 2.24) is 0 Å². The molecule has 2 unspecified atom stereocenters. The summed E-state index contributed by atoms with van der Waals surface area (Å²) in [6, 6.07) is 8.07. The summed E-state index contributed by atoms with van der Waals surface area (Å²) in [5.41, 5.74) is 0.906. The maximum Gasteiger partial charge on any atom is 0.303 e. The van der Waals surface area contributed by atoms with Crippen LogP contribution in [0.2, 0.25) is 0 Å². The molecule has 0 saturated carbocycles. The number of anilines is 1. The van der Waals surface area contributed by atoms with E-state index in [4.69, 9.17) is 10.2 Å². The van der Waals surface area contributed by atoms with Crippen LogP contribution in [0.25, 0.3) is 0 Å². The summed E-state index contributed by atoms with van der Waals surface area (Å²) < 4.78 is 67.3. The lowest BCUT2D eigenvalue weighted by Gasteiger charge is -2.29. The first-order valence-electron chi connectivity index (χ1n) is 16.7. The number of unbranched alkanes of at least 4 members (excludes halogenated alkanes) is 4. The number of aliphatic hydroxyl groups excluding tert-OH is 1. The zero-order chi connectivity index (χ0) is 38.2. The molecule has 2 aromatic carbocycles. The number of aliphatic carboxylic acids is 2. The predicted molar refractivity (Wildman–Crippen MR) is 190 cm³/mol. The number of carbonyl (C=O) groups is 3. The third-order valence-electron chi connectivity index (χ3n) is 10.1. The van der Waals surface area contributed by atoms with Crippen molar-refractivity contribution in [1.29, 1.82) is 0 Å². The molecule has 2 aromatic rings. The van der Waals surface area contributed by atoms with E-state index in [1.54, 1.807) is 6.92 Å². The predicted octanol–water partition coefficient (Wildman–Crippen LogP) is 6.18. The number of fused-ring (bicyclic) bond motifs is 2. The first kappa shape index (κ1) is 38.6. The highest BCUT2D eigenvalue weighted by molar-refractivity contribution is 7.86. The smallest absolute Gasteiger partial charge is 0.303 e. The number of aliphatic imine (C=N–C) groups is 1. The minimum absolute atomic E-state index is 0.00658. The average Bonchev–Trinajstić information content (AvgIpc) is 3.49. The minimum atomic E-state index is -4.55. The molecule has 0 spiro atoms. The zero-order valence-corrected chi connectivity index (χ0v) is 30.2. The monoisotopic (exact) mass is 756 g/mol. The van der Waals surface area contributed by atoms with Gasteiger partial charge in [0, 0.05) is 35.1 Å². The van der Waals surface area contributed by atoms with E-state index < -0.39 is 48.8 Å². The highest BCUT2D eigenvalue weighted by atomic mass is 32.2. The minimum Gasteiger partial charge on any atom is -0.506 e. The molecule has 2 heterocycles. The molecule has 14 nitrogen and oxygen atoms in total. The van der Waals surface area contributed by atoms with Crippen LogP contribution in [0.1, 0.15) is 89.2 Å². The van der Waals surface area contributed by atoms with Gasteiger partial charge in [-0.05, 0) is 99.2 Å². The molecule has 0 fully saturated rings. The molecular formula is C36H40N2O12S2. The van der Waals surface area contributed by atoms with Crippen molar-refractivity contribution in [2.24, 2.45) is 4.99 Å². The first-order valence-corrected chi connectivity index (χ1v) is 19.6. The highest BCUT2D eigenvalue weighted by Gasteiger charge is 2.44. The van der Waals surface area contributed by atoms with Crippen molar-refractivity contribution in [3.05, 3.63) is 82.3 Å². The molecule has 52 heavy (non-hydrogen) atoms. The van der Waals surface area contributed by atoms with Gasteiger partial charge in [0.1, 0.15) is 5.76 Å². The number of hydrogen-bond acceptors (Lipinski definition) is 10. The Kier molecular flexibility index (Phi) is 10.7.